The zero-order valence-electron chi connectivity index (χ0n) is 19.7. The van der Waals surface area contributed by atoms with Crippen molar-refractivity contribution in [2.75, 3.05) is 7.11 Å². The van der Waals surface area contributed by atoms with Crippen LogP contribution in [0.4, 0.5) is 0 Å². The van der Waals surface area contributed by atoms with Gasteiger partial charge in [-0.15, -0.1) is 6.58 Å². The highest BCUT2D eigenvalue weighted by atomic mass is 16.5. The van der Waals surface area contributed by atoms with Gasteiger partial charge in [-0.2, -0.15) is 0 Å². The van der Waals surface area contributed by atoms with Gasteiger partial charge < -0.3 is 9.72 Å². The van der Waals surface area contributed by atoms with Crippen molar-refractivity contribution in [3.8, 4) is 5.75 Å². The molecule has 0 bridgehead atoms. The Morgan fingerprint density at radius 3 is 2.38 bits per heavy atom. The molecule has 0 spiro atoms. The van der Waals surface area contributed by atoms with Crippen LogP contribution in [0.15, 0.2) is 46.5 Å². The summed E-state index contributed by atoms with van der Waals surface area (Å²) in [6.07, 6.45) is 17.3. The van der Waals surface area contributed by atoms with Gasteiger partial charge in [-0.1, -0.05) is 82.6 Å². The maximum Gasteiger partial charge on any atom is 0.274 e. The van der Waals surface area contributed by atoms with Crippen molar-refractivity contribution in [2.24, 2.45) is 0 Å². The third kappa shape index (κ3) is 8.03. The molecule has 2 aromatic rings. The minimum Gasteiger partial charge on any atom is -0.497 e. The number of nitrogens with zero attached hydrogens (tertiary/aromatic N) is 1. The molecule has 0 unspecified atom stereocenters. The van der Waals surface area contributed by atoms with Gasteiger partial charge in [0.15, 0.2) is 0 Å². The molecule has 1 heterocycles. The van der Waals surface area contributed by atoms with Crippen molar-refractivity contribution in [3.05, 3.63) is 73.9 Å². The summed E-state index contributed by atoms with van der Waals surface area (Å²) >= 11 is 0. The highest BCUT2D eigenvalue weighted by Gasteiger charge is 2.04. The van der Waals surface area contributed by atoms with Gasteiger partial charge in [0.2, 0.25) is 0 Å². The molecular weight excluding hydrogens is 400 g/mol. The SMILES string of the molecule is C=CCn1c(=O)/c(=C/CCCCCCCCCCC)[nH]c(=O)/c1=C/c1cccc(OC)c1. The molecule has 2 rings (SSSR count). The van der Waals surface area contributed by atoms with E-state index in [2.05, 4.69) is 18.5 Å². The molecule has 0 amide bonds. The Bertz CT molecular complexity index is 1080. The van der Waals surface area contributed by atoms with Gasteiger partial charge in [-0.05, 0) is 36.6 Å². The zero-order chi connectivity index (χ0) is 23.2. The molecular formula is C27H38N2O3. The fraction of sp³-hybridized carbons (Fsp3) is 0.481. The number of aromatic nitrogens is 2. The van der Waals surface area contributed by atoms with E-state index in [-0.39, 0.29) is 17.7 Å². The molecule has 0 aliphatic rings. The first-order valence-electron chi connectivity index (χ1n) is 11.9. The second kappa shape index (κ2) is 14.3. The minimum absolute atomic E-state index is 0.199. The van der Waals surface area contributed by atoms with Crippen LogP contribution in [0.3, 0.4) is 0 Å². The van der Waals surface area contributed by atoms with E-state index in [0.29, 0.717) is 16.4 Å². The van der Waals surface area contributed by atoms with Crippen molar-refractivity contribution in [1.29, 1.82) is 0 Å². The summed E-state index contributed by atoms with van der Waals surface area (Å²) in [7, 11) is 1.60. The molecule has 0 saturated heterocycles. The number of hydrogen-bond acceptors (Lipinski definition) is 3. The normalized spacial score (nSPS) is 12.3. The van der Waals surface area contributed by atoms with Crippen molar-refractivity contribution in [2.45, 2.75) is 77.7 Å². The second-order valence-electron chi connectivity index (χ2n) is 8.20. The van der Waals surface area contributed by atoms with Crippen molar-refractivity contribution in [1.82, 2.24) is 9.55 Å². The van der Waals surface area contributed by atoms with Crippen LogP contribution in [0.5, 0.6) is 5.75 Å². The topological polar surface area (TPSA) is 64.1 Å². The molecule has 0 atom stereocenters. The second-order valence-corrected chi connectivity index (χ2v) is 8.20. The molecule has 0 fully saturated rings. The number of hydrogen-bond donors (Lipinski definition) is 1. The summed E-state index contributed by atoms with van der Waals surface area (Å²) in [5, 5.41) is 0.669. The highest BCUT2D eigenvalue weighted by molar-refractivity contribution is 5.50. The first-order chi connectivity index (χ1) is 15.6. The van der Waals surface area contributed by atoms with Gasteiger partial charge >= 0.3 is 0 Å². The lowest BCUT2D eigenvalue weighted by molar-refractivity contribution is 0.414. The molecule has 32 heavy (non-hydrogen) atoms. The van der Waals surface area contributed by atoms with Crippen LogP contribution in [0, 0.1) is 0 Å². The van der Waals surface area contributed by atoms with Crippen LogP contribution in [-0.2, 0) is 6.54 Å². The number of rotatable bonds is 14. The lowest BCUT2D eigenvalue weighted by Crippen LogP contribution is -2.53. The first kappa shape index (κ1) is 25.4. The smallest absolute Gasteiger partial charge is 0.274 e. The highest BCUT2D eigenvalue weighted by Crippen LogP contribution is 2.12. The van der Waals surface area contributed by atoms with Crippen LogP contribution < -0.4 is 26.6 Å². The van der Waals surface area contributed by atoms with Gasteiger partial charge in [0, 0.05) is 6.54 Å². The Hall–Kier alpha value is -2.82. The fourth-order valence-electron chi connectivity index (χ4n) is 3.80. The Morgan fingerprint density at radius 2 is 1.72 bits per heavy atom. The minimum atomic E-state index is -0.285. The summed E-state index contributed by atoms with van der Waals surface area (Å²) in [4.78, 5) is 28.6. The zero-order valence-corrected chi connectivity index (χ0v) is 19.7. The number of H-pyrrole nitrogens is 1. The lowest BCUT2D eigenvalue weighted by Gasteiger charge is -2.05. The van der Waals surface area contributed by atoms with Crippen LogP contribution >= 0.6 is 0 Å². The number of ether oxygens (including phenoxy) is 1. The molecule has 1 N–H and O–H groups in total. The first-order valence-corrected chi connectivity index (χ1v) is 11.9. The van der Waals surface area contributed by atoms with E-state index in [1.54, 1.807) is 19.3 Å². The molecule has 0 radical (unpaired) electrons. The molecule has 174 valence electrons. The lowest BCUT2D eigenvalue weighted by atomic mass is 10.1. The number of allylic oxidation sites excluding steroid dienone is 1. The summed E-state index contributed by atoms with van der Waals surface area (Å²) in [5.41, 5.74) is 0.306. The van der Waals surface area contributed by atoms with Gasteiger partial charge in [0.1, 0.15) is 16.4 Å². The largest absolute Gasteiger partial charge is 0.497 e. The average Bonchev–Trinajstić information content (AvgIpc) is 2.80. The Labute approximate surface area is 191 Å². The maximum absolute atomic E-state index is 13.0. The molecule has 5 nitrogen and oxygen atoms in total. The average molecular weight is 439 g/mol. The Kier molecular flexibility index (Phi) is 11.4. The van der Waals surface area contributed by atoms with Crippen LogP contribution in [0.1, 0.15) is 76.7 Å². The van der Waals surface area contributed by atoms with Gasteiger partial charge in [-0.3, -0.25) is 14.2 Å². The summed E-state index contributed by atoms with van der Waals surface area (Å²) in [6, 6.07) is 7.38. The summed E-state index contributed by atoms with van der Waals surface area (Å²) in [6.45, 7) is 6.26. The predicted molar refractivity (Wildman–Crippen MR) is 134 cm³/mol. The van der Waals surface area contributed by atoms with E-state index in [1.807, 2.05) is 30.3 Å². The van der Waals surface area contributed by atoms with E-state index < -0.39 is 0 Å². The number of nitrogens with one attached hydrogen (secondary N) is 1. The van der Waals surface area contributed by atoms with E-state index in [0.717, 1.165) is 24.8 Å². The Balaban J connectivity index is 2.12. The van der Waals surface area contributed by atoms with Gasteiger partial charge in [0.25, 0.3) is 11.1 Å². The van der Waals surface area contributed by atoms with Crippen LogP contribution in [-0.4, -0.2) is 16.7 Å². The molecule has 1 aromatic heterocycles. The van der Waals surface area contributed by atoms with E-state index in [4.69, 9.17) is 4.74 Å². The molecule has 1 aromatic carbocycles. The fourth-order valence-corrected chi connectivity index (χ4v) is 3.80. The maximum atomic E-state index is 13.0. The third-order valence-electron chi connectivity index (χ3n) is 5.61. The molecule has 0 saturated carbocycles. The number of benzene rings is 1. The number of unbranched alkanes of at least 4 members (excludes halogenated alkanes) is 9. The molecule has 5 heteroatoms. The van der Waals surface area contributed by atoms with E-state index in [1.165, 1.54) is 49.5 Å². The predicted octanol–water partition coefficient (Wildman–Crippen LogP) is 4.26. The van der Waals surface area contributed by atoms with Crippen LogP contribution in [0.25, 0.3) is 12.2 Å². The third-order valence-corrected chi connectivity index (χ3v) is 5.61. The van der Waals surface area contributed by atoms with Crippen molar-refractivity contribution in [3.63, 3.8) is 0 Å². The van der Waals surface area contributed by atoms with Crippen molar-refractivity contribution < 1.29 is 4.74 Å². The van der Waals surface area contributed by atoms with Crippen molar-refractivity contribution >= 4 is 12.2 Å². The monoisotopic (exact) mass is 438 g/mol. The van der Waals surface area contributed by atoms with Gasteiger partial charge in [-0.25, -0.2) is 0 Å². The van der Waals surface area contributed by atoms with E-state index in [9.17, 15) is 9.59 Å². The van der Waals surface area contributed by atoms with E-state index >= 15 is 0 Å². The number of methoxy groups -OCH3 is 1. The molecule has 0 aliphatic heterocycles. The molecule has 0 aliphatic carbocycles. The van der Waals surface area contributed by atoms with Gasteiger partial charge in [0.05, 0.1) is 7.11 Å². The summed E-state index contributed by atoms with van der Waals surface area (Å²) < 4.78 is 6.73. The summed E-state index contributed by atoms with van der Waals surface area (Å²) in [5.74, 6) is 0.693. The Morgan fingerprint density at radius 1 is 1.03 bits per heavy atom. The quantitative estimate of drug-likeness (QED) is 0.354. The standard InChI is InChI=1S/C27H38N2O3/c1-4-6-7-8-9-10-11-12-13-14-18-24-27(31)29(19-5-2)25(26(30)28-24)21-22-16-15-17-23(20-22)32-3/h5,15-18,20-21H,2,4,6-14,19H2,1,3H3,(H,28,30)/b24-18-,25-21-. The van der Waals surface area contributed by atoms with Crippen LogP contribution in [0.2, 0.25) is 0 Å². The number of aromatic amines is 1.